The summed E-state index contributed by atoms with van der Waals surface area (Å²) in [5.74, 6) is 0.411. The van der Waals surface area contributed by atoms with Gasteiger partial charge in [-0.05, 0) is 18.1 Å². The van der Waals surface area contributed by atoms with Crippen molar-refractivity contribution in [1.82, 2.24) is 14.6 Å². The highest BCUT2D eigenvalue weighted by Gasteiger charge is 2.24. The van der Waals surface area contributed by atoms with E-state index in [2.05, 4.69) is 10.3 Å². The highest BCUT2D eigenvalue weighted by Crippen LogP contribution is 2.23. The quantitative estimate of drug-likeness (QED) is 0.836. The molecule has 1 amide bonds. The second-order valence-electron chi connectivity index (χ2n) is 5.60. The van der Waals surface area contributed by atoms with Crippen LogP contribution >= 0.6 is 0 Å². The highest BCUT2D eigenvalue weighted by molar-refractivity contribution is 7.88. The van der Waals surface area contributed by atoms with Gasteiger partial charge in [0.25, 0.3) is 5.91 Å². The van der Waals surface area contributed by atoms with E-state index in [9.17, 15) is 13.2 Å². The van der Waals surface area contributed by atoms with Gasteiger partial charge in [-0.1, -0.05) is 0 Å². The van der Waals surface area contributed by atoms with E-state index in [1.54, 1.807) is 11.9 Å². The lowest BCUT2D eigenvalue weighted by Gasteiger charge is -2.18. The van der Waals surface area contributed by atoms with E-state index < -0.39 is 10.0 Å². The van der Waals surface area contributed by atoms with Crippen LogP contribution in [0.15, 0.2) is 6.07 Å². The van der Waals surface area contributed by atoms with Crippen LogP contribution in [0.1, 0.15) is 21.6 Å². The predicted octanol–water partition coefficient (Wildman–Crippen LogP) is -0.133. The second kappa shape index (κ2) is 6.21. The van der Waals surface area contributed by atoms with Gasteiger partial charge in [0.15, 0.2) is 0 Å². The third kappa shape index (κ3) is 3.38. The van der Waals surface area contributed by atoms with Gasteiger partial charge in [0.1, 0.15) is 5.82 Å². The minimum Gasteiger partial charge on any atom is -0.362 e. The molecule has 0 aliphatic carbocycles. The number of amides is 1. The zero-order chi connectivity index (χ0) is 16.5. The number of carbonyl (C=O) groups excluding carboxylic acids is 1. The molecule has 1 aliphatic heterocycles. The van der Waals surface area contributed by atoms with Gasteiger partial charge in [0.05, 0.1) is 11.8 Å². The molecule has 0 saturated heterocycles. The van der Waals surface area contributed by atoms with Gasteiger partial charge in [-0.2, -0.15) is 0 Å². The van der Waals surface area contributed by atoms with E-state index in [0.717, 1.165) is 11.3 Å². The number of aromatic nitrogens is 1. The van der Waals surface area contributed by atoms with Crippen molar-refractivity contribution >= 4 is 21.7 Å². The zero-order valence-corrected chi connectivity index (χ0v) is 14.2. The van der Waals surface area contributed by atoms with Crippen LogP contribution in [0.5, 0.6) is 0 Å². The summed E-state index contributed by atoms with van der Waals surface area (Å²) in [6.45, 7) is 0.840. The van der Waals surface area contributed by atoms with Crippen molar-refractivity contribution in [3.8, 4) is 0 Å². The number of rotatable bonds is 3. The molecule has 0 spiro atoms. The van der Waals surface area contributed by atoms with Gasteiger partial charge in [-0.15, -0.1) is 0 Å². The number of sulfonamides is 1. The molecule has 0 aromatic carbocycles. The molecule has 22 heavy (non-hydrogen) atoms. The molecular formula is C14H22N4O3S. The van der Waals surface area contributed by atoms with E-state index in [1.165, 1.54) is 10.6 Å². The average molecular weight is 326 g/mol. The first-order chi connectivity index (χ1) is 10.2. The molecule has 8 heteroatoms. The van der Waals surface area contributed by atoms with Crippen molar-refractivity contribution in [2.75, 3.05) is 45.4 Å². The highest BCUT2D eigenvalue weighted by atomic mass is 32.2. The summed E-state index contributed by atoms with van der Waals surface area (Å²) < 4.78 is 24.9. The lowest BCUT2D eigenvalue weighted by molar-refractivity contribution is 0.0963. The molecule has 0 radical (unpaired) electrons. The normalized spacial score (nSPS) is 15.8. The zero-order valence-electron chi connectivity index (χ0n) is 13.4. The topological polar surface area (TPSA) is 82.6 Å². The van der Waals surface area contributed by atoms with Crippen LogP contribution in [0.3, 0.4) is 0 Å². The Kier molecular flexibility index (Phi) is 4.72. The van der Waals surface area contributed by atoms with Crippen molar-refractivity contribution in [3.05, 3.63) is 22.9 Å². The van der Waals surface area contributed by atoms with Crippen LogP contribution in [0, 0.1) is 0 Å². The van der Waals surface area contributed by atoms with Crippen LogP contribution in [0.2, 0.25) is 0 Å². The summed E-state index contributed by atoms with van der Waals surface area (Å²) in [5.41, 5.74) is 2.32. The van der Waals surface area contributed by atoms with E-state index in [0.29, 0.717) is 37.3 Å². The fraction of sp³-hybridized carbons (Fsp3) is 0.571. The number of nitrogens with zero attached hydrogens (tertiary/aromatic N) is 3. The van der Waals surface area contributed by atoms with E-state index in [1.807, 2.05) is 20.2 Å². The molecule has 0 saturated carbocycles. The first kappa shape index (κ1) is 16.7. The van der Waals surface area contributed by atoms with Crippen LogP contribution in [-0.4, -0.2) is 64.1 Å². The molecule has 2 heterocycles. The lowest BCUT2D eigenvalue weighted by atomic mass is 10.0. The smallest absolute Gasteiger partial charge is 0.254 e. The Morgan fingerprint density at radius 1 is 1.32 bits per heavy atom. The SMILES string of the molecule is CNC(=O)c1cc2c(nc1N(C)C)CCN(S(C)(=O)=O)CC2. The summed E-state index contributed by atoms with van der Waals surface area (Å²) in [7, 11) is 2.04. The maximum Gasteiger partial charge on any atom is 0.254 e. The Morgan fingerprint density at radius 2 is 1.95 bits per heavy atom. The van der Waals surface area contributed by atoms with Crippen molar-refractivity contribution in [1.29, 1.82) is 0 Å². The number of hydrogen-bond donors (Lipinski definition) is 1. The van der Waals surface area contributed by atoms with Crippen LogP contribution in [0.4, 0.5) is 5.82 Å². The number of anilines is 1. The second-order valence-corrected chi connectivity index (χ2v) is 7.58. The molecule has 0 unspecified atom stereocenters. The Bertz CT molecular complexity index is 686. The number of hydrogen-bond acceptors (Lipinski definition) is 5. The third-order valence-corrected chi connectivity index (χ3v) is 5.07. The fourth-order valence-corrected chi connectivity index (χ4v) is 3.42. The van der Waals surface area contributed by atoms with E-state index >= 15 is 0 Å². The summed E-state index contributed by atoms with van der Waals surface area (Å²) >= 11 is 0. The predicted molar refractivity (Wildman–Crippen MR) is 85.8 cm³/mol. The molecule has 0 atom stereocenters. The molecule has 122 valence electrons. The van der Waals surface area contributed by atoms with E-state index in [-0.39, 0.29) is 5.91 Å². The molecule has 0 bridgehead atoms. The molecule has 7 nitrogen and oxygen atoms in total. The molecule has 0 fully saturated rings. The molecule has 1 aromatic heterocycles. The summed E-state index contributed by atoms with van der Waals surface area (Å²) in [6, 6.07) is 1.84. The minimum atomic E-state index is -3.21. The number of carbonyl (C=O) groups is 1. The summed E-state index contributed by atoms with van der Waals surface area (Å²) in [6.07, 6.45) is 2.34. The van der Waals surface area contributed by atoms with E-state index in [4.69, 9.17) is 0 Å². The standard InChI is InChI=1S/C14H22N4O3S/c1-15-14(19)11-9-10-5-7-18(22(4,20)21)8-6-12(10)16-13(11)17(2)3/h9H,5-8H2,1-4H3,(H,15,19). The fourth-order valence-electron chi connectivity index (χ4n) is 2.58. The summed E-state index contributed by atoms with van der Waals surface area (Å²) in [4.78, 5) is 18.4. The van der Waals surface area contributed by atoms with Crippen LogP contribution in [0.25, 0.3) is 0 Å². The molecule has 2 rings (SSSR count). The Balaban J connectivity index is 2.43. The van der Waals surface area contributed by atoms with Gasteiger partial charge < -0.3 is 10.2 Å². The summed E-state index contributed by atoms with van der Waals surface area (Å²) in [5, 5.41) is 2.62. The average Bonchev–Trinajstić information content (AvgIpc) is 2.66. The Hall–Kier alpha value is -1.67. The monoisotopic (exact) mass is 326 g/mol. The first-order valence-corrected chi connectivity index (χ1v) is 8.96. The van der Waals surface area contributed by atoms with Gasteiger partial charge in [0, 0.05) is 46.3 Å². The van der Waals surface area contributed by atoms with Crippen LogP contribution in [-0.2, 0) is 22.9 Å². The maximum absolute atomic E-state index is 12.0. The molecule has 1 N–H and O–H groups in total. The third-order valence-electron chi connectivity index (χ3n) is 3.76. The maximum atomic E-state index is 12.0. The Labute approximate surface area is 131 Å². The van der Waals surface area contributed by atoms with Crippen molar-refractivity contribution in [2.24, 2.45) is 0 Å². The number of nitrogens with one attached hydrogen (secondary N) is 1. The van der Waals surface area contributed by atoms with Crippen molar-refractivity contribution < 1.29 is 13.2 Å². The van der Waals surface area contributed by atoms with Gasteiger partial charge in [-0.3, -0.25) is 4.79 Å². The van der Waals surface area contributed by atoms with Crippen LogP contribution < -0.4 is 10.2 Å². The minimum absolute atomic E-state index is 0.191. The Morgan fingerprint density at radius 3 is 2.50 bits per heavy atom. The first-order valence-electron chi connectivity index (χ1n) is 7.11. The number of pyridine rings is 1. The van der Waals surface area contributed by atoms with Crippen molar-refractivity contribution in [2.45, 2.75) is 12.8 Å². The largest absolute Gasteiger partial charge is 0.362 e. The van der Waals surface area contributed by atoms with Gasteiger partial charge in [-0.25, -0.2) is 17.7 Å². The number of fused-ring (bicyclic) bond motifs is 1. The van der Waals surface area contributed by atoms with Crippen molar-refractivity contribution in [3.63, 3.8) is 0 Å². The molecule has 1 aromatic rings. The lowest BCUT2D eigenvalue weighted by Crippen LogP contribution is -2.32. The molecular weight excluding hydrogens is 304 g/mol. The molecule has 1 aliphatic rings. The van der Waals surface area contributed by atoms with Gasteiger partial charge in [0.2, 0.25) is 10.0 Å². The van der Waals surface area contributed by atoms with Gasteiger partial charge >= 0.3 is 0 Å².